The Balaban J connectivity index is 2.12. The highest BCUT2D eigenvalue weighted by molar-refractivity contribution is 5.79. The van der Waals surface area contributed by atoms with E-state index in [4.69, 9.17) is 1.37 Å². The summed E-state index contributed by atoms with van der Waals surface area (Å²) in [6, 6.07) is 10.2. The number of hydrogen-bond acceptors (Lipinski definition) is 1. The second kappa shape index (κ2) is 4.30. The smallest absolute Gasteiger partial charge is 0.226 e. The Morgan fingerprint density at radius 3 is 2.93 bits per heavy atom. The number of benzene rings is 1. The van der Waals surface area contributed by atoms with Gasteiger partial charge < -0.3 is 4.90 Å². The van der Waals surface area contributed by atoms with Gasteiger partial charge in [0.2, 0.25) is 5.91 Å². The normalized spacial score (nSPS) is 26.6. The van der Waals surface area contributed by atoms with Crippen molar-refractivity contribution < 1.29 is 6.17 Å². The summed E-state index contributed by atoms with van der Waals surface area (Å²) in [6.45, 7) is 0. The van der Waals surface area contributed by atoms with Gasteiger partial charge in [0.15, 0.2) is 0 Å². The predicted octanol–water partition coefficient (Wildman–Crippen LogP) is 2.02. The van der Waals surface area contributed by atoms with E-state index in [-0.39, 0.29) is 11.9 Å². The highest BCUT2D eigenvalue weighted by Gasteiger charge is 2.20. The lowest BCUT2D eigenvalue weighted by molar-refractivity contribution is -0.130. The molecule has 0 saturated heterocycles. The van der Waals surface area contributed by atoms with Crippen LogP contribution in [-0.2, 0) is 11.2 Å². The number of rotatable bonds is 2. The molecule has 1 heterocycles. The van der Waals surface area contributed by atoms with Gasteiger partial charge in [-0.25, -0.2) is 0 Å². The monoisotopic (exact) mass is 202 g/mol. The number of nitrogens with zero attached hydrogens (tertiary/aromatic N) is 1. The van der Waals surface area contributed by atoms with Crippen molar-refractivity contribution in [1.29, 1.82) is 0 Å². The first-order valence-electron chi connectivity index (χ1n) is 5.67. The maximum atomic E-state index is 11.6. The molecule has 0 spiro atoms. The summed E-state index contributed by atoms with van der Waals surface area (Å²) in [5, 5.41) is 0. The Kier molecular flexibility index (Phi) is 2.50. The van der Waals surface area contributed by atoms with Crippen LogP contribution in [0.2, 0.25) is 0 Å². The molecular formula is C13H15NO. The lowest BCUT2D eigenvalue weighted by Gasteiger charge is -2.28. The van der Waals surface area contributed by atoms with E-state index < -0.39 is 6.40 Å². The van der Waals surface area contributed by atoms with Crippen molar-refractivity contribution in [3.63, 3.8) is 0 Å². The third kappa shape index (κ3) is 2.27. The molecule has 0 fully saturated rings. The molecule has 1 aromatic rings. The minimum absolute atomic E-state index is 0.0801. The molecular weight excluding hydrogens is 186 g/mol. The van der Waals surface area contributed by atoms with Gasteiger partial charge in [-0.3, -0.25) is 4.79 Å². The number of hydrogen-bond donors (Lipinski definition) is 0. The Morgan fingerprint density at radius 1 is 1.47 bits per heavy atom. The lowest BCUT2D eigenvalue weighted by atomic mass is 10.0. The Bertz CT molecular complexity index is 402. The van der Waals surface area contributed by atoms with E-state index in [0.29, 0.717) is 0 Å². The second-order valence-corrected chi connectivity index (χ2v) is 3.76. The second-order valence-electron chi connectivity index (χ2n) is 3.76. The van der Waals surface area contributed by atoms with E-state index in [1.165, 1.54) is 5.56 Å². The summed E-state index contributed by atoms with van der Waals surface area (Å²) in [7, 11) is 1.76. The van der Waals surface area contributed by atoms with Gasteiger partial charge in [-0.2, -0.15) is 0 Å². The minimum atomic E-state index is -0.725. The molecule has 0 aliphatic carbocycles. The van der Waals surface area contributed by atoms with Gasteiger partial charge in [-0.1, -0.05) is 42.5 Å². The number of carbonyl (C=O) groups is 1. The molecule has 15 heavy (non-hydrogen) atoms. The molecule has 2 nitrogen and oxygen atoms in total. The maximum Gasteiger partial charge on any atom is 0.226 e. The highest BCUT2D eigenvalue weighted by Crippen LogP contribution is 2.14. The molecule has 0 bridgehead atoms. The van der Waals surface area contributed by atoms with Crippen LogP contribution < -0.4 is 0 Å². The zero-order valence-corrected chi connectivity index (χ0v) is 8.76. The standard InChI is InChI=1S/C13H15NO/c1-14-12(8-5-9-13(14)15)10-11-6-3-2-4-7-11/h2-8,12H,9-10H2,1H3/t12-/m1/s1/i9D/t9-,12-. The van der Waals surface area contributed by atoms with Crippen molar-refractivity contribution in [3.05, 3.63) is 48.0 Å². The molecule has 0 radical (unpaired) electrons. The fraction of sp³-hybridized carbons (Fsp3) is 0.308. The van der Waals surface area contributed by atoms with Crippen molar-refractivity contribution in [2.75, 3.05) is 7.05 Å². The summed E-state index contributed by atoms with van der Waals surface area (Å²) in [4.78, 5) is 13.3. The van der Waals surface area contributed by atoms with Crippen LogP contribution in [0.1, 0.15) is 13.3 Å². The van der Waals surface area contributed by atoms with Crippen LogP contribution in [0.3, 0.4) is 0 Å². The number of carbonyl (C=O) groups excluding carboxylic acids is 1. The first-order chi connectivity index (χ1) is 7.68. The van der Waals surface area contributed by atoms with Crippen LogP contribution in [0.25, 0.3) is 0 Å². The van der Waals surface area contributed by atoms with Crippen molar-refractivity contribution in [1.82, 2.24) is 4.90 Å². The summed E-state index contributed by atoms with van der Waals surface area (Å²) in [6.07, 6.45) is 3.71. The Labute approximate surface area is 91.6 Å². The Morgan fingerprint density at radius 2 is 2.20 bits per heavy atom. The predicted molar refractivity (Wildman–Crippen MR) is 60.5 cm³/mol. The van der Waals surface area contributed by atoms with Crippen LogP contribution >= 0.6 is 0 Å². The largest absolute Gasteiger partial charge is 0.339 e. The van der Waals surface area contributed by atoms with Crippen molar-refractivity contribution in [2.24, 2.45) is 0 Å². The van der Waals surface area contributed by atoms with Crippen LogP contribution in [0.15, 0.2) is 42.5 Å². The highest BCUT2D eigenvalue weighted by atomic mass is 16.2. The average Bonchev–Trinajstić information content (AvgIpc) is 2.31. The Hall–Kier alpha value is -1.57. The van der Waals surface area contributed by atoms with E-state index >= 15 is 0 Å². The molecule has 1 amide bonds. The summed E-state index contributed by atoms with van der Waals surface area (Å²) < 4.78 is 7.50. The van der Waals surface area contributed by atoms with Gasteiger partial charge in [0, 0.05) is 14.8 Å². The molecule has 78 valence electrons. The summed E-state index contributed by atoms with van der Waals surface area (Å²) in [5.41, 5.74) is 1.21. The van der Waals surface area contributed by atoms with Crippen LogP contribution in [0.5, 0.6) is 0 Å². The lowest BCUT2D eigenvalue weighted by Crippen LogP contribution is -2.39. The number of likely N-dealkylation sites (N-methyl/N-ethyl adjacent to an activating group) is 1. The topological polar surface area (TPSA) is 20.3 Å². The van der Waals surface area contributed by atoms with Crippen LogP contribution in [0, 0.1) is 0 Å². The molecule has 0 unspecified atom stereocenters. The SMILES string of the molecule is [2H][C@@H]1C=C[C@H](Cc2ccccc2)N(C)C1=O. The fourth-order valence-corrected chi connectivity index (χ4v) is 1.74. The van der Waals surface area contributed by atoms with Gasteiger partial charge in [0.05, 0.1) is 6.04 Å². The van der Waals surface area contributed by atoms with E-state index in [9.17, 15) is 4.79 Å². The average molecular weight is 202 g/mol. The quantitative estimate of drug-likeness (QED) is 0.672. The third-order valence-corrected chi connectivity index (χ3v) is 2.70. The van der Waals surface area contributed by atoms with Crippen LogP contribution in [-0.4, -0.2) is 23.9 Å². The van der Waals surface area contributed by atoms with Gasteiger partial charge >= 0.3 is 0 Å². The molecule has 2 heteroatoms. The number of amides is 1. The minimum Gasteiger partial charge on any atom is -0.339 e. The molecule has 1 aliphatic heterocycles. The van der Waals surface area contributed by atoms with Gasteiger partial charge in [0.25, 0.3) is 0 Å². The molecule has 0 saturated carbocycles. The first kappa shape index (κ1) is 8.72. The summed E-state index contributed by atoms with van der Waals surface area (Å²) in [5.74, 6) is -0.122. The molecule has 2 rings (SSSR count). The van der Waals surface area contributed by atoms with Crippen molar-refractivity contribution >= 4 is 5.91 Å². The van der Waals surface area contributed by atoms with Crippen molar-refractivity contribution in [3.8, 4) is 0 Å². The molecule has 0 N–H and O–H groups in total. The first-order valence-corrected chi connectivity index (χ1v) is 5.09. The maximum absolute atomic E-state index is 11.6. The zero-order valence-electron chi connectivity index (χ0n) is 9.76. The van der Waals surface area contributed by atoms with E-state index in [1.807, 2.05) is 24.3 Å². The van der Waals surface area contributed by atoms with Crippen molar-refractivity contribution in [2.45, 2.75) is 18.9 Å². The van der Waals surface area contributed by atoms with Crippen LogP contribution in [0.4, 0.5) is 0 Å². The molecule has 2 atom stereocenters. The van der Waals surface area contributed by atoms with E-state index in [0.717, 1.165) is 6.42 Å². The zero-order chi connectivity index (χ0) is 11.5. The molecule has 0 aromatic heterocycles. The molecule has 1 aromatic carbocycles. The summed E-state index contributed by atoms with van der Waals surface area (Å²) >= 11 is 0. The van der Waals surface area contributed by atoms with E-state index in [1.54, 1.807) is 18.0 Å². The third-order valence-electron chi connectivity index (χ3n) is 2.70. The van der Waals surface area contributed by atoms with E-state index in [2.05, 4.69) is 12.1 Å². The van der Waals surface area contributed by atoms with Gasteiger partial charge in [-0.15, -0.1) is 0 Å². The van der Waals surface area contributed by atoms with Gasteiger partial charge in [-0.05, 0) is 12.0 Å². The molecule has 1 aliphatic rings. The van der Waals surface area contributed by atoms with Gasteiger partial charge in [0.1, 0.15) is 0 Å². The fourth-order valence-electron chi connectivity index (χ4n) is 1.74.